The van der Waals surface area contributed by atoms with E-state index in [1.54, 1.807) is 24.3 Å². The second-order valence-electron chi connectivity index (χ2n) is 2.50. The van der Waals surface area contributed by atoms with Crippen molar-refractivity contribution in [1.82, 2.24) is 0 Å². The van der Waals surface area contributed by atoms with E-state index >= 15 is 0 Å². The Morgan fingerprint density at radius 3 is 2.54 bits per heavy atom. The smallest absolute Gasteiger partial charge is 0.119 e. The van der Waals surface area contributed by atoms with E-state index in [0.717, 1.165) is 5.56 Å². The van der Waals surface area contributed by atoms with Gasteiger partial charge in [-0.1, -0.05) is 17.3 Å². The molecule has 0 fully saturated rings. The van der Waals surface area contributed by atoms with E-state index < -0.39 is 0 Å². The number of nitroso groups, excluding NO2 is 1. The molecule has 13 heavy (non-hydrogen) atoms. The van der Waals surface area contributed by atoms with Crippen molar-refractivity contribution in [3.8, 4) is 5.75 Å². The summed E-state index contributed by atoms with van der Waals surface area (Å²) in [5, 5.41) is 11.3. The second-order valence-corrected chi connectivity index (χ2v) is 2.50. The molecule has 0 aliphatic heterocycles. The number of rotatable bonds is 5. The summed E-state index contributed by atoms with van der Waals surface area (Å²) in [6.07, 6.45) is 0. The van der Waals surface area contributed by atoms with E-state index in [9.17, 15) is 4.91 Å². The van der Waals surface area contributed by atoms with Gasteiger partial charge in [-0.05, 0) is 17.7 Å². The highest BCUT2D eigenvalue weighted by molar-refractivity contribution is 5.27. The highest BCUT2D eigenvalue weighted by Gasteiger charge is 1.94. The van der Waals surface area contributed by atoms with Crippen molar-refractivity contribution in [3.63, 3.8) is 0 Å². The molecule has 0 unspecified atom stereocenters. The molecule has 4 nitrogen and oxygen atoms in total. The SMILES string of the molecule is O=NCc1ccc(OCCO)cc1. The number of hydrogen-bond donors (Lipinski definition) is 1. The van der Waals surface area contributed by atoms with Gasteiger partial charge in [0.05, 0.1) is 6.61 Å². The lowest BCUT2D eigenvalue weighted by Gasteiger charge is -2.03. The van der Waals surface area contributed by atoms with Gasteiger partial charge in [-0.2, -0.15) is 4.91 Å². The third-order valence-electron chi connectivity index (χ3n) is 1.53. The fraction of sp³-hybridized carbons (Fsp3) is 0.333. The van der Waals surface area contributed by atoms with E-state index in [2.05, 4.69) is 5.18 Å². The predicted molar refractivity (Wildman–Crippen MR) is 48.5 cm³/mol. The standard InChI is InChI=1S/C9H11NO3/c11-5-6-13-9-3-1-8(2-4-9)7-10-12/h1-4,11H,5-7H2. The summed E-state index contributed by atoms with van der Waals surface area (Å²) in [6, 6.07) is 7.04. The number of aliphatic hydroxyl groups is 1. The Bertz CT molecular complexity index is 258. The van der Waals surface area contributed by atoms with Crippen LogP contribution in [0.25, 0.3) is 0 Å². The topological polar surface area (TPSA) is 58.9 Å². The van der Waals surface area contributed by atoms with Crippen molar-refractivity contribution < 1.29 is 9.84 Å². The minimum atomic E-state index is -0.00234. The van der Waals surface area contributed by atoms with Gasteiger partial charge in [0.2, 0.25) is 0 Å². The van der Waals surface area contributed by atoms with Gasteiger partial charge in [-0.15, -0.1) is 0 Å². The first-order valence-corrected chi connectivity index (χ1v) is 3.98. The normalized spacial score (nSPS) is 9.62. The number of hydrogen-bond acceptors (Lipinski definition) is 4. The highest BCUT2D eigenvalue weighted by atomic mass is 16.5. The molecule has 0 aliphatic rings. The van der Waals surface area contributed by atoms with Gasteiger partial charge in [-0.3, -0.25) is 0 Å². The summed E-state index contributed by atoms with van der Waals surface area (Å²) < 4.78 is 5.13. The summed E-state index contributed by atoms with van der Waals surface area (Å²) in [5.74, 6) is 0.684. The van der Waals surface area contributed by atoms with Gasteiger partial charge in [0.15, 0.2) is 0 Å². The monoisotopic (exact) mass is 181 g/mol. The molecule has 0 aliphatic carbocycles. The minimum absolute atomic E-state index is 0.00234. The number of aliphatic hydroxyl groups excluding tert-OH is 1. The molecule has 0 bridgehead atoms. The summed E-state index contributed by atoms with van der Waals surface area (Å²) >= 11 is 0. The third kappa shape index (κ3) is 3.21. The van der Waals surface area contributed by atoms with Gasteiger partial charge in [-0.25, -0.2) is 0 Å². The van der Waals surface area contributed by atoms with Crippen molar-refractivity contribution in [2.45, 2.75) is 6.54 Å². The van der Waals surface area contributed by atoms with Crippen LogP contribution in [0.5, 0.6) is 5.75 Å². The highest BCUT2D eigenvalue weighted by Crippen LogP contribution is 2.12. The van der Waals surface area contributed by atoms with Crippen LogP contribution in [0.1, 0.15) is 5.56 Å². The van der Waals surface area contributed by atoms with E-state index in [4.69, 9.17) is 9.84 Å². The van der Waals surface area contributed by atoms with E-state index in [1.807, 2.05) is 0 Å². The molecule has 0 heterocycles. The summed E-state index contributed by atoms with van der Waals surface area (Å²) in [7, 11) is 0. The van der Waals surface area contributed by atoms with Crippen LogP contribution in [-0.4, -0.2) is 18.3 Å². The van der Waals surface area contributed by atoms with Gasteiger partial charge in [0, 0.05) is 0 Å². The van der Waals surface area contributed by atoms with Crippen molar-refractivity contribution in [2.75, 3.05) is 13.2 Å². The van der Waals surface area contributed by atoms with Gasteiger partial charge in [0.25, 0.3) is 0 Å². The molecule has 1 rings (SSSR count). The fourth-order valence-electron chi connectivity index (χ4n) is 0.929. The Kier molecular flexibility index (Phi) is 3.92. The van der Waals surface area contributed by atoms with Gasteiger partial charge in [0.1, 0.15) is 18.9 Å². The summed E-state index contributed by atoms with van der Waals surface area (Å²) in [6.45, 7) is 0.462. The predicted octanol–water partition coefficient (Wildman–Crippen LogP) is 1.32. The zero-order chi connectivity index (χ0) is 9.52. The van der Waals surface area contributed by atoms with Crippen LogP contribution in [0, 0.1) is 4.91 Å². The summed E-state index contributed by atoms with van der Waals surface area (Å²) in [5.41, 5.74) is 0.853. The molecule has 4 heteroatoms. The lowest BCUT2D eigenvalue weighted by molar-refractivity contribution is 0.201. The number of benzene rings is 1. The van der Waals surface area contributed by atoms with Crippen molar-refractivity contribution in [1.29, 1.82) is 0 Å². The first-order chi connectivity index (χ1) is 6.36. The van der Waals surface area contributed by atoms with Crippen LogP contribution >= 0.6 is 0 Å². The first kappa shape index (κ1) is 9.67. The molecule has 0 spiro atoms. The van der Waals surface area contributed by atoms with E-state index in [-0.39, 0.29) is 19.8 Å². The third-order valence-corrected chi connectivity index (χ3v) is 1.53. The molecule has 1 N–H and O–H groups in total. The van der Waals surface area contributed by atoms with Crippen molar-refractivity contribution in [3.05, 3.63) is 34.7 Å². The van der Waals surface area contributed by atoms with Gasteiger partial charge >= 0.3 is 0 Å². The molecule has 70 valence electrons. The van der Waals surface area contributed by atoms with Crippen LogP contribution in [-0.2, 0) is 6.54 Å². The Balaban J connectivity index is 2.53. The number of ether oxygens (including phenoxy) is 1. The zero-order valence-corrected chi connectivity index (χ0v) is 7.14. The lowest BCUT2D eigenvalue weighted by atomic mass is 10.2. The molecule has 0 amide bonds. The fourth-order valence-corrected chi connectivity index (χ4v) is 0.929. The van der Waals surface area contributed by atoms with Crippen molar-refractivity contribution in [2.24, 2.45) is 5.18 Å². The van der Waals surface area contributed by atoms with Crippen LogP contribution in [0.15, 0.2) is 29.4 Å². The Labute approximate surface area is 76.1 Å². The maximum absolute atomic E-state index is 9.92. The lowest BCUT2D eigenvalue weighted by Crippen LogP contribution is -2.01. The Morgan fingerprint density at radius 1 is 1.31 bits per heavy atom. The molecular weight excluding hydrogens is 170 g/mol. The Hall–Kier alpha value is -1.42. The molecule has 0 radical (unpaired) electrons. The molecule has 1 aromatic carbocycles. The van der Waals surface area contributed by atoms with Gasteiger partial charge < -0.3 is 9.84 Å². The second kappa shape index (κ2) is 5.27. The number of nitrogens with zero attached hydrogens (tertiary/aromatic N) is 1. The first-order valence-electron chi connectivity index (χ1n) is 3.98. The average molecular weight is 181 g/mol. The van der Waals surface area contributed by atoms with Crippen LogP contribution in [0.4, 0.5) is 0 Å². The molecule has 1 aromatic rings. The zero-order valence-electron chi connectivity index (χ0n) is 7.14. The average Bonchev–Trinajstić information content (AvgIpc) is 2.17. The summed E-state index contributed by atoms with van der Waals surface area (Å²) in [4.78, 5) is 9.92. The Morgan fingerprint density at radius 2 is 2.00 bits per heavy atom. The maximum Gasteiger partial charge on any atom is 0.119 e. The molecule has 0 atom stereocenters. The maximum atomic E-state index is 9.92. The largest absolute Gasteiger partial charge is 0.491 e. The van der Waals surface area contributed by atoms with Crippen molar-refractivity contribution >= 4 is 0 Å². The minimum Gasteiger partial charge on any atom is -0.491 e. The van der Waals surface area contributed by atoms with Crippen LogP contribution < -0.4 is 4.74 Å². The van der Waals surface area contributed by atoms with E-state index in [0.29, 0.717) is 5.75 Å². The van der Waals surface area contributed by atoms with Crippen LogP contribution in [0.3, 0.4) is 0 Å². The quantitative estimate of drug-likeness (QED) is 0.697. The molecule has 0 aromatic heterocycles. The molecule has 0 saturated carbocycles. The van der Waals surface area contributed by atoms with E-state index in [1.165, 1.54) is 0 Å². The van der Waals surface area contributed by atoms with Crippen LogP contribution in [0.2, 0.25) is 0 Å². The molecular formula is C9H11NO3. The molecule has 0 saturated heterocycles.